The predicted molar refractivity (Wildman–Crippen MR) is 166 cm³/mol. The van der Waals surface area contributed by atoms with Crippen molar-refractivity contribution < 1.29 is 19.4 Å². The van der Waals surface area contributed by atoms with E-state index in [2.05, 4.69) is 4.98 Å². The number of aliphatic hydroxyl groups is 1. The van der Waals surface area contributed by atoms with Crippen molar-refractivity contribution in [1.82, 2.24) is 23.8 Å². The number of hydrogen-bond acceptors (Lipinski definition) is 6. The van der Waals surface area contributed by atoms with E-state index in [-0.39, 0.29) is 35.6 Å². The van der Waals surface area contributed by atoms with Gasteiger partial charge in [0.25, 0.3) is 11.5 Å². The van der Waals surface area contributed by atoms with Gasteiger partial charge in [0.2, 0.25) is 6.29 Å². The quantitative estimate of drug-likeness (QED) is 0.283. The van der Waals surface area contributed by atoms with Crippen molar-refractivity contribution >= 4 is 16.9 Å². The Hall–Kier alpha value is -4.35. The number of para-hydroxylation sites is 3. The fraction of sp³-hybridized carbons (Fsp3) is 0.424. The van der Waals surface area contributed by atoms with Gasteiger partial charge in [0.1, 0.15) is 0 Å². The van der Waals surface area contributed by atoms with Crippen molar-refractivity contribution in [3.63, 3.8) is 0 Å². The first kappa shape index (κ1) is 29.7. The molecule has 2 atom stereocenters. The van der Waals surface area contributed by atoms with E-state index in [1.54, 1.807) is 20.2 Å². The third-order valence-electron chi connectivity index (χ3n) is 8.83. The smallest absolute Gasteiger partial charge is 0.326 e. The zero-order chi connectivity index (χ0) is 30.8. The number of aromatic amines is 1. The van der Waals surface area contributed by atoms with Gasteiger partial charge in [0.15, 0.2) is 5.76 Å². The highest BCUT2D eigenvalue weighted by atomic mass is 16.7. The molecule has 0 aliphatic carbocycles. The van der Waals surface area contributed by atoms with Crippen LogP contribution in [0, 0.1) is 6.92 Å². The summed E-state index contributed by atoms with van der Waals surface area (Å²) in [7, 11) is 1.86. The number of rotatable bonds is 9. The number of H-pyrrole nitrogens is 1. The Bertz CT molecular complexity index is 1770. The molecular formula is C33H39N5O6. The number of carbonyl (C=O) groups excluding carboxylic acids is 1. The van der Waals surface area contributed by atoms with Crippen molar-refractivity contribution in [3.05, 3.63) is 98.5 Å². The molecule has 2 aliphatic heterocycles. The second-order valence-corrected chi connectivity index (χ2v) is 11.5. The molecule has 4 aromatic rings. The van der Waals surface area contributed by atoms with Crippen molar-refractivity contribution in [2.24, 2.45) is 7.05 Å². The first-order valence-corrected chi connectivity index (χ1v) is 15.3. The number of nitrogens with zero attached hydrogens (tertiary/aromatic N) is 4. The van der Waals surface area contributed by atoms with Crippen LogP contribution in [0.25, 0.3) is 16.7 Å². The average molecular weight is 602 g/mol. The summed E-state index contributed by atoms with van der Waals surface area (Å²) in [6, 6.07) is 17.1. The van der Waals surface area contributed by atoms with Crippen LogP contribution < -0.4 is 11.2 Å². The Labute approximate surface area is 254 Å². The maximum absolute atomic E-state index is 13.9. The van der Waals surface area contributed by atoms with E-state index >= 15 is 0 Å². The number of piperidine rings is 1. The van der Waals surface area contributed by atoms with E-state index in [1.807, 2.05) is 73.3 Å². The summed E-state index contributed by atoms with van der Waals surface area (Å²) in [5.41, 5.74) is 3.55. The lowest BCUT2D eigenvalue weighted by Crippen LogP contribution is -2.42. The Morgan fingerprint density at radius 1 is 1.05 bits per heavy atom. The van der Waals surface area contributed by atoms with E-state index in [1.165, 1.54) is 0 Å². The molecule has 0 radical (unpaired) electrons. The number of likely N-dealkylation sites (tertiary alicyclic amines) is 1. The summed E-state index contributed by atoms with van der Waals surface area (Å²) < 4.78 is 17.4. The largest absolute Gasteiger partial charge is 0.459 e. The van der Waals surface area contributed by atoms with Crippen LogP contribution in [-0.2, 0) is 21.3 Å². The monoisotopic (exact) mass is 601 g/mol. The minimum Gasteiger partial charge on any atom is -0.459 e. The summed E-state index contributed by atoms with van der Waals surface area (Å²) in [6.45, 7) is 3.29. The predicted octanol–water partition coefficient (Wildman–Crippen LogP) is 3.49. The Morgan fingerprint density at radius 2 is 1.77 bits per heavy atom. The van der Waals surface area contributed by atoms with Crippen LogP contribution in [0.2, 0.25) is 0 Å². The maximum atomic E-state index is 13.9. The fourth-order valence-corrected chi connectivity index (χ4v) is 6.48. The van der Waals surface area contributed by atoms with Gasteiger partial charge < -0.3 is 24.5 Å². The number of hydrogen-bond donors (Lipinski definition) is 2. The summed E-state index contributed by atoms with van der Waals surface area (Å²) in [4.78, 5) is 45.1. The van der Waals surface area contributed by atoms with Crippen LogP contribution in [0.1, 0.15) is 55.3 Å². The van der Waals surface area contributed by atoms with Crippen LogP contribution >= 0.6 is 0 Å². The van der Waals surface area contributed by atoms with E-state index in [4.69, 9.17) is 9.47 Å². The SMILES string of the molecule is Cc1c(C2C=C(C(=O)N3CCC(n4c(=O)[nH]c5ccccc54)CC3)OC(OCCCCO)C2)c(=O)n(-c2ccccc2)n1C. The van der Waals surface area contributed by atoms with Crippen LogP contribution in [0.15, 0.2) is 76.0 Å². The number of ether oxygens (including phenoxy) is 2. The van der Waals surface area contributed by atoms with Gasteiger partial charge in [0.05, 0.1) is 23.3 Å². The number of nitrogens with one attached hydrogen (secondary N) is 1. The van der Waals surface area contributed by atoms with Gasteiger partial charge in [-0.15, -0.1) is 0 Å². The molecule has 0 spiro atoms. The van der Waals surface area contributed by atoms with Crippen molar-refractivity contribution in [1.29, 1.82) is 0 Å². The van der Waals surface area contributed by atoms with E-state index in [0.717, 1.165) is 22.4 Å². The van der Waals surface area contributed by atoms with Gasteiger partial charge in [-0.1, -0.05) is 30.3 Å². The van der Waals surface area contributed by atoms with Crippen LogP contribution in [-0.4, -0.2) is 67.4 Å². The van der Waals surface area contributed by atoms with Crippen molar-refractivity contribution in [2.45, 2.75) is 57.3 Å². The topological polar surface area (TPSA) is 124 Å². The molecule has 2 N–H and O–H groups in total. The van der Waals surface area contributed by atoms with Gasteiger partial charge in [-0.3, -0.25) is 18.8 Å². The van der Waals surface area contributed by atoms with Crippen LogP contribution in [0.5, 0.6) is 0 Å². The van der Waals surface area contributed by atoms with Crippen LogP contribution in [0.3, 0.4) is 0 Å². The molecule has 1 saturated heterocycles. The third kappa shape index (κ3) is 5.65. The second kappa shape index (κ2) is 12.7. The Balaban J connectivity index is 1.25. The number of fused-ring (bicyclic) bond motifs is 1. The standard InChI is InChI=1S/C33H39N5O6/c1-22-30(32(41)38(35(22)2)25-10-4-3-5-11-25)23-20-28(44-29(21-23)43-19-9-8-18-39)31(40)36-16-14-24(15-17-36)37-27-13-7-6-12-26(27)34-33(37)42/h3-7,10-13,20,23-24,29,39H,8-9,14-19,21H2,1-2H3,(H,34,42). The maximum Gasteiger partial charge on any atom is 0.326 e. The second-order valence-electron chi connectivity index (χ2n) is 11.5. The lowest BCUT2D eigenvalue weighted by atomic mass is 9.92. The van der Waals surface area contributed by atoms with Gasteiger partial charge in [0, 0.05) is 56.4 Å². The molecule has 11 heteroatoms. The number of aliphatic hydroxyl groups excluding tert-OH is 1. The molecule has 1 amide bonds. The molecule has 44 heavy (non-hydrogen) atoms. The van der Waals surface area contributed by atoms with Gasteiger partial charge in [-0.05, 0) is 62.9 Å². The number of benzene rings is 2. The number of amides is 1. The number of aromatic nitrogens is 4. The summed E-state index contributed by atoms with van der Waals surface area (Å²) in [5, 5.41) is 9.18. The molecular weight excluding hydrogens is 562 g/mol. The molecule has 11 nitrogen and oxygen atoms in total. The minimum absolute atomic E-state index is 0.0252. The highest BCUT2D eigenvalue weighted by Gasteiger charge is 2.35. The third-order valence-corrected chi connectivity index (χ3v) is 8.83. The molecule has 2 aromatic heterocycles. The average Bonchev–Trinajstić information content (AvgIpc) is 3.50. The highest BCUT2D eigenvalue weighted by molar-refractivity contribution is 5.92. The summed E-state index contributed by atoms with van der Waals surface area (Å²) >= 11 is 0. The first-order chi connectivity index (χ1) is 21.4. The molecule has 4 heterocycles. The molecule has 1 fully saturated rings. The number of carbonyl (C=O) groups is 1. The summed E-state index contributed by atoms with van der Waals surface area (Å²) in [5.74, 6) is -0.470. The molecule has 232 valence electrons. The molecule has 2 aliphatic rings. The lowest BCUT2D eigenvalue weighted by molar-refractivity contribution is -0.153. The lowest BCUT2D eigenvalue weighted by Gasteiger charge is -2.35. The van der Waals surface area contributed by atoms with Gasteiger partial charge in [-0.2, -0.15) is 0 Å². The van der Waals surface area contributed by atoms with E-state index in [9.17, 15) is 19.5 Å². The summed E-state index contributed by atoms with van der Waals surface area (Å²) in [6.07, 6.45) is 3.96. The zero-order valence-corrected chi connectivity index (χ0v) is 25.1. The first-order valence-electron chi connectivity index (χ1n) is 15.3. The molecule has 2 aromatic carbocycles. The normalized spacial score (nSPS) is 19.2. The highest BCUT2D eigenvalue weighted by Crippen LogP contribution is 2.34. The van der Waals surface area contributed by atoms with Crippen molar-refractivity contribution in [3.8, 4) is 5.69 Å². The van der Waals surface area contributed by atoms with E-state index in [0.29, 0.717) is 57.4 Å². The number of imidazole rings is 1. The Morgan fingerprint density at radius 3 is 2.52 bits per heavy atom. The zero-order valence-electron chi connectivity index (χ0n) is 25.1. The van der Waals surface area contributed by atoms with Gasteiger partial charge >= 0.3 is 5.69 Å². The molecule has 2 unspecified atom stereocenters. The fourth-order valence-electron chi connectivity index (χ4n) is 6.48. The van der Waals surface area contributed by atoms with E-state index < -0.39 is 12.2 Å². The minimum atomic E-state index is -0.714. The van der Waals surface area contributed by atoms with Crippen LogP contribution in [0.4, 0.5) is 0 Å². The van der Waals surface area contributed by atoms with Gasteiger partial charge in [-0.25, -0.2) is 9.48 Å². The number of unbranched alkanes of at least 4 members (excludes halogenated alkanes) is 1. The van der Waals surface area contributed by atoms with Crippen molar-refractivity contribution in [2.75, 3.05) is 26.3 Å². The molecule has 0 bridgehead atoms. The molecule has 0 saturated carbocycles. The number of allylic oxidation sites excluding steroid dienone is 1. The Kier molecular flexibility index (Phi) is 8.58. The molecule has 6 rings (SSSR count).